The smallest absolute Gasteiger partial charge is 0.261 e. The molecule has 0 unspecified atom stereocenters. The van der Waals surface area contributed by atoms with Crippen molar-refractivity contribution >= 4 is 15.7 Å². The highest BCUT2D eigenvalue weighted by Gasteiger charge is 2.22. The molecule has 0 radical (unpaired) electrons. The maximum atomic E-state index is 13.7. The topological polar surface area (TPSA) is 72.5 Å². The first-order valence-corrected chi connectivity index (χ1v) is 10.1. The Hall–Kier alpha value is -2.41. The van der Waals surface area contributed by atoms with Crippen LogP contribution in [0.4, 0.5) is 4.39 Å². The third-order valence-electron chi connectivity index (χ3n) is 3.94. The van der Waals surface area contributed by atoms with Crippen molar-refractivity contribution < 1.29 is 22.3 Å². The van der Waals surface area contributed by atoms with Gasteiger partial charge in [0.15, 0.2) is 27.5 Å². The minimum atomic E-state index is -3.27. The Bertz CT molecular complexity index is 865. The molecule has 2 aromatic rings. The van der Waals surface area contributed by atoms with E-state index in [1.54, 1.807) is 38.1 Å². The summed E-state index contributed by atoms with van der Waals surface area (Å²) < 4.78 is 42.2. The van der Waals surface area contributed by atoms with E-state index in [4.69, 9.17) is 4.74 Å². The summed E-state index contributed by atoms with van der Waals surface area (Å²) >= 11 is 0. The molecule has 5 nitrogen and oxygen atoms in total. The normalized spacial score (nSPS) is 13.7. The first kappa shape index (κ1) is 19.9. The van der Waals surface area contributed by atoms with Crippen LogP contribution in [0.2, 0.25) is 0 Å². The number of benzene rings is 2. The number of amides is 1. The Morgan fingerprint density at radius 1 is 1.15 bits per heavy atom. The maximum Gasteiger partial charge on any atom is 0.261 e. The fourth-order valence-corrected chi connectivity index (χ4v) is 3.04. The molecule has 0 aromatic heterocycles. The highest BCUT2D eigenvalue weighted by Crippen LogP contribution is 2.20. The van der Waals surface area contributed by atoms with Gasteiger partial charge in [-0.1, -0.05) is 31.2 Å². The summed E-state index contributed by atoms with van der Waals surface area (Å²) in [6.07, 6.45) is 0.684. The molecular formula is C19H22FNO4S. The third kappa shape index (κ3) is 5.05. The van der Waals surface area contributed by atoms with E-state index < -0.39 is 21.8 Å². The van der Waals surface area contributed by atoms with Gasteiger partial charge >= 0.3 is 0 Å². The number of sulfone groups is 1. The van der Waals surface area contributed by atoms with Crippen molar-refractivity contribution in [2.75, 3.05) is 6.26 Å². The van der Waals surface area contributed by atoms with Crippen LogP contribution >= 0.6 is 0 Å². The second kappa shape index (κ2) is 8.31. The van der Waals surface area contributed by atoms with Crippen LogP contribution in [0.3, 0.4) is 0 Å². The molecule has 1 N–H and O–H groups in total. The Morgan fingerprint density at radius 2 is 1.77 bits per heavy atom. The van der Waals surface area contributed by atoms with Crippen LogP contribution in [-0.4, -0.2) is 26.7 Å². The second-order valence-electron chi connectivity index (χ2n) is 6.02. The van der Waals surface area contributed by atoms with E-state index in [0.29, 0.717) is 6.42 Å². The predicted molar refractivity (Wildman–Crippen MR) is 97.2 cm³/mol. The van der Waals surface area contributed by atoms with Crippen LogP contribution < -0.4 is 10.1 Å². The van der Waals surface area contributed by atoms with Crippen molar-refractivity contribution in [1.82, 2.24) is 5.32 Å². The van der Waals surface area contributed by atoms with Gasteiger partial charge in [-0.25, -0.2) is 12.8 Å². The molecule has 0 aliphatic rings. The van der Waals surface area contributed by atoms with Crippen LogP contribution in [0.5, 0.6) is 5.75 Å². The van der Waals surface area contributed by atoms with Crippen molar-refractivity contribution in [3.63, 3.8) is 0 Å². The molecule has 0 spiro atoms. The minimum Gasteiger partial charge on any atom is -0.478 e. The van der Waals surface area contributed by atoms with E-state index in [1.165, 1.54) is 24.3 Å². The molecule has 0 bridgehead atoms. The average Bonchev–Trinajstić information content (AvgIpc) is 2.60. The number of rotatable bonds is 7. The largest absolute Gasteiger partial charge is 0.478 e. The van der Waals surface area contributed by atoms with Crippen molar-refractivity contribution in [1.29, 1.82) is 0 Å². The first-order chi connectivity index (χ1) is 12.2. The zero-order valence-electron chi connectivity index (χ0n) is 14.9. The third-order valence-corrected chi connectivity index (χ3v) is 5.06. The summed E-state index contributed by atoms with van der Waals surface area (Å²) in [4.78, 5) is 12.7. The van der Waals surface area contributed by atoms with E-state index in [2.05, 4.69) is 5.32 Å². The molecule has 140 valence electrons. The fourth-order valence-electron chi connectivity index (χ4n) is 2.41. The molecule has 0 saturated carbocycles. The van der Waals surface area contributed by atoms with Crippen LogP contribution in [0.15, 0.2) is 53.4 Å². The zero-order chi connectivity index (χ0) is 19.3. The molecular weight excluding hydrogens is 357 g/mol. The Balaban J connectivity index is 2.06. The number of hydrogen-bond donors (Lipinski definition) is 1. The van der Waals surface area contributed by atoms with E-state index in [0.717, 1.165) is 11.8 Å². The molecule has 7 heteroatoms. The van der Waals surface area contributed by atoms with Gasteiger partial charge in [0.25, 0.3) is 5.91 Å². The zero-order valence-corrected chi connectivity index (χ0v) is 15.7. The molecule has 0 aliphatic heterocycles. The van der Waals surface area contributed by atoms with Gasteiger partial charge in [-0.05, 0) is 43.2 Å². The van der Waals surface area contributed by atoms with E-state index in [-0.39, 0.29) is 22.6 Å². The van der Waals surface area contributed by atoms with Gasteiger partial charge < -0.3 is 10.1 Å². The van der Waals surface area contributed by atoms with Gasteiger partial charge in [-0.15, -0.1) is 0 Å². The predicted octanol–water partition coefficient (Wildman–Crippen LogP) is 3.26. The maximum absolute atomic E-state index is 13.7. The van der Waals surface area contributed by atoms with Crippen LogP contribution in [0.25, 0.3) is 0 Å². The molecule has 0 saturated heterocycles. The molecule has 0 aliphatic carbocycles. The Kier molecular flexibility index (Phi) is 6.37. The van der Waals surface area contributed by atoms with Crippen molar-refractivity contribution in [2.24, 2.45) is 0 Å². The van der Waals surface area contributed by atoms with Gasteiger partial charge in [0.1, 0.15) is 0 Å². The summed E-state index contributed by atoms with van der Waals surface area (Å²) in [5, 5.41) is 2.81. The summed E-state index contributed by atoms with van der Waals surface area (Å²) in [5.41, 5.74) is 0.756. The lowest BCUT2D eigenvalue weighted by atomic mass is 10.1. The van der Waals surface area contributed by atoms with Crippen LogP contribution in [0.1, 0.15) is 31.9 Å². The number of carbonyl (C=O) groups is 1. The van der Waals surface area contributed by atoms with E-state index in [9.17, 15) is 17.6 Å². The van der Waals surface area contributed by atoms with Crippen molar-refractivity contribution in [3.8, 4) is 5.75 Å². The monoisotopic (exact) mass is 379 g/mol. The lowest BCUT2D eigenvalue weighted by Crippen LogP contribution is -2.39. The number of halogens is 1. The summed E-state index contributed by atoms with van der Waals surface area (Å²) in [7, 11) is -3.27. The van der Waals surface area contributed by atoms with E-state index >= 15 is 0 Å². The van der Waals surface area contributed by atoms with Gasteiger partial charge in [-0.2, -0.15) is 0 Å². The summed E-state index contributed by atoms with van der Waals surface area (Å²) in [6, 6.07) is 11.9. The van der Waals surface area contributed by atoms with Crippen molar-refractivity contribution in [2.45, 2.75) is 37.3 Å². The Labute approximate surface area is 153 Å². The lowest BCUT2D eigenvalue weighted by molar-refractivity contribution is -0.128. The first-order valence-electron chi connectivity index (χ1n) is 8.24. The number of ether oxygens (including phenoxy) is 1. The number of hydrogen-bond acceptors (Lipinski definition) is 4. The van der Waals surface area contributed by atoms with Crippen molar-refractivity contribution in [3.05, 3.63) is 59.9 Å². The van der Waals surface area contributed by atoms with Gasteiger partial charge in [0.2, 0.25) is 0 Å². The lowest BCUT2D eigenvalue weighted by Gasteiger charge is -2.21. The highest BCUT2D eigenvalue weighted by molar-refractivity contribution is 7.90. The molecule has 0 heterocycles. The highest BCUT2D eigenvalue weighted by atomic mass is 32.2. The Morgan fingerprint density at radius 3 is 2.31 bits per heavy atom. The average molecular weight is 379 g/mol. The molecule has 2 aromatic carbocycles. The molecule has 2 atom stereocenters. The molecule has 26 heavy (non-hydrogen) atoms. The quantitative estimate of drug-likeness (QED) is 0.801. The standard InChI is InChI=1S/C19H22FNO4S/c1-4-17(25-18-8-6-5-7-16(18)20)19(22)21-13(2)14-9-11-15(12-10-14)26(3,23)24/h5-13,17H,4H2,1-3H3,(H,21,22)/t13-,17+/m1/s1. The summed E-state index contributed by atoms with van der Waals surface area (Å²) in [5.74, 6) is -0.863. The SMILES string of the molecule is CC[C@H](Oc1ccccc1F)C(=O)N[C@H](C)c1ccc(S(C)(=O)=O)cc1. The number of para-hydroxylation sites is 1. The summed E-state index contributed by atoms with van der Waals surface area (Å²) in [6.45, 7) is 3.56. The second-order valence-corrected chi connectivity index (χ2v) is 8.03. The number of carbonyl (C=O) groups excluding carboxylic acids is 1. The minimum absolute atomic E-state index is 0.0275. The van der Waals surface area contributed by atoms with Crippen LogP contribution in [-0.2, 0) is 14.6 Å². The number of nitrogens with one attached hydrogen (secondary N) is 1. The molecule has 2 rings (SSSR count). The van der Waals surface area contributed by atoms with Crippen LogP contribution in [0, 0.1) is 5.82 Å². The van der Waals surface area contributed by atoms with E-state index in [1.807, 2.05) is 0 Å². The van der Waals surface area contributed by atoms with Gasteiger partial charge in [0.05, 0.1) is 10.9 Å². The molecule has 1 amide bonds. The fraction of sp³-hybridized carbons (Fsp3) is 0.316. The van der Waals surface area contributed by atoms with Gasteiger partial charge in [-0.3, -0.25) is 4.79 Å². The van der Waals surface area contributed by atoms with Gasteiger partial charge in [0, 0.05) is 6.26 Å². The molecule has 0 fully saturated rings.